The number of benzene rings is 1. The van der Waals surface area contributed by atoms with E-state index in [0.29, 0.717) is 24.7 Å². The summed E-state index contributed by atoms with van der Waals surface area (Å²) in [5.74, 6) is 0.422. The van der Waals surface area contributed by atoms with E-state index in [0.717, 1.165) is 21.2 Å². The third-order valence-electron chi connectivity index (χ3n) is 5.72. The lowest BCUT2D eigenvalue weighted by molar-refractivity contribution is -0.136. The van der Waals surface area contributed by atoms with Gasteiger partial charge < -0.3 is 20.1 Å². The van der Waals surface area contributed by atoms with Crippen molar-refractivity contribution in [1.82, 2.24) is 14.8 Å². The molecule has 2 N–H and O–H groups in total. The fourth-order valence-electron chi connectivity index (χ4n) is 3.89. The molecule has 0 unspecified atom stereocenters. The number of halogens is 1. The Morgan fingerprint density at radius 1 is 1.19 bits per heavy atom. The van der Waals surface area contributed by atoms with Crippen LogP contribution in [0.4, 0.5) is 10.5 Å². The maximum absolute atomic E-state index is 13.4. The van der Waals surface area contributed by atoms with E-state index in [4.69, 9.17) is 0 Å². The van der Waals surface area contributed by atoms with Gasteiger partial charge in [-0.05, 0) is 71.0 Å². The molecule has 1 fully saturated rings. The Morgan fingerprint density at radius 3 is 2.34 bits per heavy atom. The molecule has 174 valence electrons. The van der Waals surface area contributed by atoms with Gasteiger partial charge in [0.15, 0.2) is 4.80 Å². The molecule has 1 aromatic heterocycles. The zero-order valence-electron chi connectivity index (χ0n) is 19.3. The lowest BCUT2D eigenvalue weighted by Gasteiger charge is -2.38. The summed E-state index contributed by atoms with van der Waals surface area (Å²) in [6, 6.07) is 6.59. The van der Waals surface area contributed by atoms with Gasteiger partial charge in [0, 0.05) is 47.5 Å². The van der Waals surface area contributed by atoms with E-state index in [1.165, 1.54) is 4.88 Å². The first kappa shape index (κ1) is 24.8. The lowest BCUT2D eigenvalue weighted by atomic mass is 9.85. The van der Waals surface area contributed by atoms with Crippen molar-refractivity contribution in [3.63, 3.8) is 0 Å². The highest BCUT2D eigenvalue weighted by Gasteiger charge is 2.37. The van der Waals surface area contributed by atoms with Gasteiger partial charge in [-0.1, -0.05) is 20.8 Å². The van der Waals surface area contributed by atoms with Crippen LogP contribution in [0.15, 0.2) is 35.5 Å². The van der Waals surface area contributed by atoms with Gasteiger partial charge in [-0.25, -0.2) is 4.79 Å². The van der Waals surface area contributed by atoms with Crippen LogP contribution in [-0.2, 0) is 11.8 Å². The summed E-state index contributed by atoms with van der Waals surface area (Å²) in [5, 5.41) is 5.76. The average Bonchev–Trinajstić information content (AvgIpc) is 3.13. The first-order valence-corrected chi connectivity index (χ1v) is 12.7. The molecule has 9 heteroatoms. The fraction of sp³-hybridized carbons (Fsp3) is 0.522. The van der Waals surface area contributed by atoms with Crippen LogP contribution >= 0.6 is 33.9 Å². The van der Waals surface area contributed by atoms with Gasteiger partial charge in [-0.3, -0.25) is 9.79 Å². The minimum absolute atomic E-state index is 0.0188. The van der Waals surface area contributed by atoms with E-state index < -0.39 is 11.5 Å². The summed E-state index contributed by atoms with van der Waals surface area (Å²) >= 11 is 3.94. The van der Waals surface area contributed by atoms with E-state index in [1.807, 2.05) is 64.0 Å². The molecule has 2 heterocycles. The van der Waals surface area contributed by atoms with Crippen molar-refractivity contribution in [2.24, 2.45) is 17.5 Å². The number of aryl methyl sites for hydroxylation is 1. The van der Waals surface area contributed by atoms with Crippen LogP contribution in [0.3, 0.4) is 0 Å². The second-order valence-corrected chi connectivity index (χ2v) is 11.5. The van der Waals surface area contributed by atoms with Crippen molar-refractivity contribution in [3.05, 3.63) is 43.7 Å². The maximum Gasteiger partial charge on any atom is 0.319 e. The SMILES string of the molecule is C/N=c1\sc(C2CCN(C(=O)[C@H](NC(=O)Nc3ccc(I)cc3)C(C)(C)C)CC2)cn1C. The van der Waals surface area contributed by atoms with Gasteiger partial charge in [0.05, 0.1) is 0 Å². The van der Waals surface area contributed by atoms with Crippen LogP contribution in [0.1, 0.15) is 44.4 Å². The van der Waals surface area contributed by atoms with E-state index >= 15 is 0 Å². The van der Waals surface area contributed by atoms with Crippen molar-refractivity contribution in [3.8, 4) is 0 Å². The number of hydrogen-bond acceptors (Lipinski definition) is 4. The summed E-state index contributed by atoms with van der Waals surface area (Å²) in [6.45, 7) is 7.33. The molecule has 7 nitrogen and oxygen atoms in total. The normalized spacial score (nSPS) is 16.7. The Kier molecular flexibility index (Phi) is 8.02. The molecule has 32 heavy (non-hydrogen) atoms. The Morgan fingerprint density at radius 2 is 1.81 bits per heavy atom. The van der Waals surface area contributed by atoms with Crippen molar-refractivity contribution in [1.29, 1.82) is 0 Å². The average molecular weight is 570 g/mol. The van der Waals surface area contributed by atoms with Gasteiger partial charge in [0.2, 0.25) is 5.91 Å². The number of carbonyl (C=O) groups is 2. The Hall–Kier alpha value is -1.88. The van der Waals surface area contributed by atoms with Crippen LogP contribution in [-0.4, -0.2) is 47.6 Å². The van der Waals surface area contributed by atoms with E-state index in [9.17, 15) is 9.59 Å². The van der Waals surface area contributed by atoms with Crippen LogP contribution in [0.25, 0.3) is 0 Å². The fourth-order valence-corrected chi connectivity index (χ4v) is 5.36. The van der Waals surface area contributed by atoms with Crippen molar-refractivity contribution in [2.45, 2.75) is 45.6 Å². The number of piperidine rings is 1. The Labute approximate surface area is 207 Å². The van der Waals surface area contributed by atoms with Gasteiger partial charge in [0.1, 0.15) is 6.04 Å². The molecule has 3 rings (SSSR count). The monoisotopic (exact) mass is 569 g/mol. The van der Waals surface area contributed by atoms with Crippen molar-refractivity contribution < 1.29 is 9.59 Å². The topological polar surface area (TPSA) is 78.7 Å². The van der Waals surface area contributed by atoms with Crippen LogP contribution < -0.4 is 15.4 Å². The molecule has 0 saturated carbocycles. The number of rotatable bonds is 4. The van der Waals surface area contributed by atoms with Crippen LogP contribution in [0.2, 0.25) is 0 Å². The van der Waals surface area contributed by atoms with E-state index in [-0.39, 0.29) is 11.9 Å². The third-order valence-corrected chi connectivity index (χ3v) is 7.77. The third kappa shape index (κ3) is 6.12. The molecule has 0 aliphatic carbocycles. The van der Waals surface area contributed by atoms with E-state index in [2.05, 4.69) is 49.0 Å². The first-order valence-electron chi connectivity index (χ1n) is 10.8. The van der Waals surface area contributed by atoms with E-state index in [1.54, 1.807) is 11.3 Å². The van der Waals surface area contributed by atoms with Crippen LogP contribution in [0.5, 0.6) is 0 Å². The molecule has 1 saturated heterocycles. The van der Waals surface area contributed by atoms with Crippen molar-refractivity contribution in [2.75, 3.05) is 25.5 Å². The molecule has 1 aromatic carbocycles. The number of nitrogens with zero attached hydrogens (tertiary/aromatic N) is 3. The Bertz CT molecular complexity index is 1010. The number of carbonyl (C=O) groups excluding carboxylic acids is 2. The predicted octanol–water partition coefficient (Wildman–Crippen LogP) is 4.16. The summed E-state index contributed by atoms with van der Waals surface area (Å²) < 4.78 is 3.15. The van der Waals surface area contributed by atoms with Crippen LogP contribution in [0, 0.1) is 8.99 Å². The number of urea groups is 1. The maximum atomic E-state index is 13.4. The summed E-state index contributed by atoms with van der Waals surface area (Å²) in [4.78, 5) is 34.6. The molecule has 2 aromatic rings. The summed E-state index contributed by atoms with van der Waals surface area (Å²) in [6.07, 6.45) is 3.99. The van der Waals surface area contributed by atoms with Crippen molar-refractivity contribution >= 4 is 51.6 Å². The highest BCUT2D eigenvalue weighted by molar-refractivity contribution is 14.1. The first-order chi connectivity index (χ1) is 15.1. The highest BCUT2D eigenvalue weighted by atomic mass is 127. The van der Waals surface area contributed by atoms with Gasteiger partial charge in [0.25, 0.3) is 0 Å². The smallest absolute Gasteiger partial charge is 0.319 e. The number of amides is 3. The quantitative estimate of drug-likeness (QED) is 0.543. The largest absolute Gasteiger partial charge is 0.341 e. The number of thiazole rings is 1. The molecule has 0 spiro atoms. The predicted molar refractivity (Wildman–Crippen MR) is 138 cm³/mol. The lowest BCUT2D eigenvalue weighted by Crippen LogP contribution is -2.56. The molecular formula is C23H32IN5O2S. The highest BCUT2D eigenvalue weighted by Crippen LogP contribution is 2.31. The molecule has 1 aliphatic heterocycles. The second kappa shape index (κ2) is 10.4. The number of nitrogens with one attached hydrogen (secondary N) is 2. The summed E-state index contributed by atoms with van der Waals surface area (Å²) in [7, 11) is 3.83. The zero-order chi connectivity index (χ0) is 23.5. The number of likely N-dealkylation sites (tertiary alicyclic amines) is 1. The second-order valence-electron chi connectivity index (χ2n) is 9.25. The minimum atomic E-state index is -0.604. The molecule has 0 bridgehead atoms. The molecule has 1 aliphatic rings. The standard InChI is InChI=1S/C23H32IN5O2S/c1-23(2,3)19(27-21(31)26-17-8-6-16(24)7-9-17)20(30)29-12-10-15(11-13-29)18-14-28(5)22(25-4)32-18/h6-9,14-15,19H,10-13H2,1-5H3,(H2,26,27,31)/b25-22-/t19-/m0/s1. The molecular weight excluding hydrogens is 537 g/mol. The number of aromatic nitrogens is 1. The van der Waals surface area contributed by atoms with Gasteiger partial charge in [-0.2, -0.15) is 0 Å². The number of anilines is 1. The summed E-state index contributed by atoms with van der Waals surface area (Å²) in [5.41, 5.74) is 0.294. The molecule has 3 amide bonds. The zero-order valence-corrected chi connectivity index (χ0v) is 22.3. The Balaban J connectivity index is 1.63. The van der Waals surface area contributed by atoms with Gasteiger partial charge >= 0.3 is 6.03 Å². The van der Waals surface area contributed by atoms with Gasteiger partial charge in [-0.15, -0.1) is 11.3 Å². The number of hydrogen-bond donors (Lipinski definition) is 2. The molecule has 0 radical (unpaired) electrons. The molecule has 1 atom stereocenters. The minimum Gasteiger partial charge on any atom is -0.341 e.